The van der Waals surface area contributed by atoms with Crippen LogP contribution in [0.1, 0.15) is 12.0 Å². The number of amides is 1. The number of nitrogens with one attached hydrogen (secondary N) is 1. The molecule has 2 aromatic carbocycles. The van der Waals surface area contributed by atoms with Gasteiger partial charge in [0.15, 0.2) is 6.61 Å². The van der Waals surface area contributed by atoms with E-state index in [0.29, 0.717) is 12.3 Å². The van der Waals surface area contributed by atoms with Crippen LogP contribution in [0.5, 0.6) is 5.75 Å². The number of carbonyl (C=O) groups is 1. The number of benzene rings is 2. The van der Waals surface area contributed by atoms with Crippen molar-refractivity contribution < 1.29 is 9.53 Å². The number of hydrogen-bond acceptors (Lipinski definition) is 4. The lowest BCUT2D eigenvalue weighted by Crippen LogP contribution is -2.44. The molecule has 2 aromatic rings. The first-order chi connectivity index (χ1) is 13.2. The van der Waals surface area contributed by atoms with Gasteiger partial charge in [-0.2, -0.15) is 0 Å². The van der Waals surface area contributed by atoms with Gasteiger partial charge in [0, 0.05) is 38.4 Å². The van der Waals surface area contributed by atoms with Crippen molar-refractivity contribution in [2.45, 2.75) is 12.8 Å². The molecule has 1 saturated heterocycles. The molecule has 0 aromatic heterocycles. The summed E-state index contributed by atoms with van der Waals surface area (Å²) in [5.74, 6) is 0.636. The maximum Gasteiger partial charge on any atom is 0.257 e. The number of ether oxygens (including phenoxy) is 1. The van der Waals surface area contributed by atoms with Gasteiger partial charge in [-0.3, -0.25) is 4.79 Å². The third-order valence-electron chi connectivity index (χ3n) is 4.88. The summed E-state index contributed by atoms with van der Waals surface area (Å²) in [6.45, 7) is 5.14. The number of anilines is 1. The summed E-state index contributed by atoms with van der Waals surface area (Å²) in [6.07, 6.45) is 1.88. The Morgan fingerprint density at radius 1 is 1.00 bits per heavy atom. The first-order valence-electron chi connectivity index (χ1n) is 9.68. The Labute approximate surface area is 161 Å². The van der Waals surface area contributed by atoms with Gasteiger partial charge in [-0.05, 0) is 49.7 Å². The lowest BCUT2D eigenvalue weighted by atomic mass is 10.1. The monoisotopic (exact) mass is 367 g/mol. The van der Waals surface area contributed by atoms with Gasteiger partial charge in [0.1, 0.15) is 5.75 Å². The number of carbonyl (C=O) groups excluding carboxylic acids is 1. The summed E-state index contributed by atoms with van der Waals surface area (Å²) < 4.78 is 5.44. The fourth-order valence-corrected chi connectivity index (χ4v) is 3.18. The lowest BCUT2D eigenvalue weighted by Gasteiger charge is -2.34. The molecule has 0 unspecified atom stereocenters. The number of aryl methyl sites for hydroxylation is 1. The molecule has 0 bridgehead atoms. The van der Waals surface area contributed by atoms with Crippen molar-refractivity contribution >= 4 is 11.6 Å². The Hall–Kier alpha value is -2.53. The molecule has 1 aliphatic heterocycles. The molecular weight excluding hydrogens is 338 g/mol. The highest BCUT2D eigenvalue weighted by Crippen LogP contribution is 2.17. The standard InChI is InChI=1S/C22H29N3O2/c1-24-14-16-25(17-15-24)20-11-9-19(10-12-20)6-5-13-23-22(26)18-27-21-7-3-2-4-8-21/h2-4,7-12H,5-6,13-18H2,1H3,(H,23,26). The minimum Gasteiger partial charge on any atom is -0.484 e. The molecule has 5 nitrogen and oxygen atoms in total. The highest BCUT2D eigenvalue weighted by Gasteiger charge is 2.13. The van der Waals surface area contributed by atoms with Gasteiger partial charge in [-0.25, -0.2) is 0 Å². The number of likely N-dealkylation sites (N-methyl/N-ethyl adjacent to an activating group) is 1. The second kappa shape index (κ2) is 9.97. The van der Waals surface area contributed by atoms with E-state index in [9.17, 15) is 4.79 Å². The predicted octanol–water partition coefficient (Wildman–Crippen LogP) is 2.57. The zero-order chi connectivity index (χ0) is 18.9. The quantitative estimate of drug-likeness (QED) is 0.729. The molecule has 3 rings (SSSR count). The van der Waals surface area contributed by atoms with Crippen LogP contribution in [0.15, 0.2) is 54.6 Å². The summed E-state index contributed by atoms with van der Waals surface area (Å²) in [5, 5.41) is 2.91. The SMILES string of the molecule is CN1CCN(c2ccc(CCCNC(=O)COc3ccccc3)cc2)CC1. The predicted molar refractivity (Wildman–Crippen MR) is 109 cm³/mol. The van der Waals surface area contributed by atoms with Crippen molar-refractivity contribution in [2.75, 3.05) is 51.3 Å². The fraction of sp³-hybridized carbons (Fsp3) is 0.409. The third kappa shape index (κ3) is 6.29. The summed E-state index contributed by atoms with van der Waals surface area (Å²) in [5.41, 5.74) is 2.61. The molecular formula is C22H29N3O2. The van der Waals surface area contributed by atoms with Crippen molar-refractivity contribution in [1.29, 1.82) is 0 Å². The van der Waals surface area contributed by atoms with E-state index in [0.717, 1.165) is 39.0 Å². The largest absolute Gasteiger partial charge is 0.484 e. The highest BCUT2D eigenvalue weighted by molar-refractivity contribution is 5.77. The number of hydrogen-bond donors (Lipinski definition) is 1. The number of para-hydroxylation sites is 1. The first-order valence-corrected chi connectivity index (χ1v) is 9.68. The molecule has 1 N–H and O–H groups in total. The van der Waals surface area contributed by atoms with Gasteiger partial charge in [-0.15, -0.1) is 0 Å². The average molecular weight is 367 g/mol. The smallest absolute Gasteiger partial charge is 0.257 e. The van der Waals surface area contributed by atoms with Crippen molar-refractivity contribution in [1.82, 2.24) is 10.2 Å². The van der Waals surface area contributed by atoms with E-state index in [1.807, 2.05) is 30.3 Å². The summed E-state index contributed by atoms with van der Waals surface area (Å²) in [4.78, 5) is 16.6. The fourth-order valence-electron chi connectivity index (χ4n) is 3.18. The topological polar surface area (TPSA) is 44.8 Å². The zero-order valence-corrected chi connectivity index (χ0v) is 16.1. The van der Waals surface area contributed by atoms with E-state index in [1.54, 1.807) is 0 Å². The first kappa shape index (κ1) is 19.2. The van der Waals surface area contributed by atoms with Crippen molar-refractivity contribution in [2.24, 2.45) is 0 Å². The Bertz CT molecular complexity index is 695. The molecule has 1 fully saturated rings. The molecule has 0 aliphatic carbocycles. The average Bonchev–Trinajstić information content (AvgIpc) is 2.71. The van der Waals surface area contributed by atoms with E-state index < -0.39 is 0 Å². The zero-order valence-electron chi connectivity index (χ0n) is 16.1. The van der Waals surface area contributed by atoms with Crippen molar-refractivity contribution in [3.63, 3.8) is 0 Å². The minimum atomic E-state index is -0.0794. The minimum absolute atomic E-state index is 0.0593. The van der Waals surface area contributed by atoms with Crippen LogP contribution in [-0.4, -0.2) is 57.2 Å². The van der Waals surface area contributed by atoms with E-state index in [4.69, 9.17) is 4.74 Å². The van der Waals surface area contributed by atoms with Crippen LogP contribution < -0.4 is 15.0 Å². The van der Waals surface area contributed by atoms with Gasteiger partial charge >= 0.3 is 0 Å². The molecule has 27 heavy (non-hydrogen) atoms. The normalized spacial score (nSPS) is 14.8. The van der Waals surface area contributed by atoms with Crippen LogP contribution >= 0.6 is 0 Å². The third-order valence-corrected chi connectivity index (χ3v) is 4.88. The van der Waals surface area contributed by atoms with Crippen LogP contribution in [0.3, 0.4) is 0 Å². The van der Waals surface area contributed by atoms with Gasteiger partial charge in [-0.1, -0.05) is 30.3 Å². The molecule has 0 saturated carbocycles. The second-order valence-electron chi connectivity index (χ2n) is 7.01. The van der Waals surface area contributed by atoms with Crippen LogP contribution in [0, 0.1) is 0 Å². The Morgan fingerprint density at radius 2 is 1.70 bits per heavy atom. The number of piperazine rings is 1. The molecule has 1 heterocycles. The molecule has 0 radical (unpaired) electrons. The van der Waals surface area contributed by atoms with Gasteiger partial charge in [0.05, 0.1) is 0 Å². The molecule has 0 spiro atoms. The Kier molecular flexibility index (Phi) is 7.11. The summed E-state index contributed by atoms with van der Waals surface area (Å²) >= 11 is 0. The molecule has 1 amide bonds. The number of nitrogens with zero attached hydrogens (tertiary/aromatic N) is 2. The Balaban J connectivity index is 1.32. The van der Waals surface area contributed by atoms with Crippen LogP contribution in [0.25, 0.3) is 0 Å². The maximum absolute atomic E-state index is 11.8. The molecule has 144 valence electrons. The molecule has 0 atom stereocenters. The van der Waals surface area contributed by atoms with Crippen LogP contribution in [0.4, 0.5) is 5.69 Å². The van der Waals surface area contributed by atoms with Gasteiger partial charge < -0.3 is 19.9 Å². The van der Waals surface area contributed by atoms with E-state index in [-0.39, 0.29) is 12.5 Å². The molecule has 5 heteroatoms. The van der Waals surface area contributed by atoms with Gasteiger partial charge in [0.2, 0.25) is 0 Å². The van der Waals surface area contributed by atoms with Crippen molar-refractivity contribution in [3.8, 4) is 5.75 Å². The van der Waals surface area contributed by atoms with Crippen LogP contribution in [-0.2, 0) is 11.2 Å². The lowest BCUT2D eigenvalue weighted by molar-refractivity contribution is -0.123. The summed E-state index contributed by atoms with van der Waals surface area (Å²) in [6, 6.07) is 18.2. The Morgan fingerprint density at radius 3 is 2.41 bits per heavy atom. The van der Waals surface area contributed by atoms with Crippen molar-refractivity contribution in [3.05, 3.63) is 60.2 Å². The second-order valence-corrected chi connectivity index (χ2v) is 7.01. The van der Waals surface area contributed by atoms with E-state index in [2.05, 4.69) is 46.4 Å². The van der Waals surface area contributed by atoms with Gasteiger partial charge in [0.25, 0.3) is 5.91 Å². The summed E-state index contributed by atoms with van der Waals surface area (Å²) in [7, 11) is 2.17. The highest BCUT2D eigenvalue weighted by atomic mass is 16.5. The molecule has 1 aliphatic rings. The number of rotatable bonds is 8. The maximum atomic E-state index is 11.8. The van der Waals surface area contributed by atoms with E-state index in [1.165, 1.54) is 11.3 Å². The van der Waals surface area contributed by atoms with Crippen LogP contribution in [0.2, 0.25) is 0 Å². The van der Waals surface area contributed by atoms with E-state index >= 15 is 0 Å².